The Labute approximate surface area is 128 Å². The number of sulfonamides is 1. The van der Waals surface area contributed by atoms with E-state index in [1.165, 1.54) is 6.92 Å². The maximum atomic E-state index is 14.1. The van der Waals surface area contributed by atoms with Crippen LogP contribution in [0.3, 0.4) is 0 Å². The van der Waals surface area contributed by atoms with Crippen LogP contribution in [-0.4, -0.2) is 33.4 Å². The first-order valence-corrected chi connectivity index (χ1v) is 7.82. The van der Waals surface area contributed by atoms with Gasteiger partial charge in [0.1, 0.15) is 10.9 Å². The molecule has 116 valence electrons. The van der Waals surface area contributed by atoms with Crippen molar-refractivity contribution in [2.75, 3.05) is 7.11 Å². The number of carbonyl (C=O) groups excluding carboxylic acids is 2. The Morgan fingerprint density at radius 1 is 1.43 bits per heavy atom. The number of hydrogen-bond acceptors (Lipinski definition) is 5. The molecule has 0 spiro atoms. The summed E-state index contributed by atoms with van der Waals surface area (Å²) in [7, 11) is -3.21. The van der Waals surface area contributed by atoms with Gasteiger partial charge in [0.25, 0.3) is 5.91 Å². The van der Waals surface area contributed by atoms with Crippen molar-refractivity contribution >= 4 is 37.8 Å². The minimum atomic E-state index is -4.34. The van der Waals surface area contributed by atoms with Crippen LogP contribution >= 0.6 is 15.9 Å². The third-order valence-electron chi connectivity index (χ3n) is 2.46. The highest BCUT2D eigenvalue weighted by molar-refractivity contribution is 9.10. The van der Waals surface area contributed by atoms with Crippen molar-refractivity contribution in [1.82, 2.24) is 5.32 Å². The van der Waals surface area contributed by atoms with Crippen LogP contribution in [0.5, 0.6) is 0 Å². The molecule has 0 bridgehead atoms. The van der Waals surface area contributed by atoms with Crippen LogP contribution in [0.4, 0.5) is 4.39 Å². The van der Waals surface area contributed by atoms with E-state index in [4.69, 9.17) is 5.14 Å². The van der Waals surface area contributed by atoms with Crippen molar-refractivity contribution in [3.8, 4) is 0 Å². The molecule has 0 heterocycles. The number of rotatable bonds is 4. The standard InChI is InChI=1S/C11H12BrFN2O5S/c1-5(11(17)20-2)15-10(16)7-3-6(12)4-8(9(7)13)21(14,18)19/h3-5H,1-2H3,(H,15,16)(H2,14,18,19)/t5-/m1/s1. The highest BCUT2D eigenvalue weighted by Crippen LogP contribution is 2.23. The molecule has 0 saturated heterocycles. The molecule has 10 heteroatoms. The zero-order valence-electron chi connectivity index (χ0n) is 11.0. The van der Waals surface area contributed by atoms with Crippen LogP contribution in [-0.2, 0) is 19.6 Å². The SMILES string of the molecule is COC(=O)[C@@H](C)NC(=O)c1cc(Br)cc(S(N)(=O)=O)c1F. The molecule has 1 aromatic rings. The summed E-state index contributed by atoms with van der Waals surface area (Å²) in [4.78, 5) is 22.3. The fourth-order valence-corrected chi connectivity index (χ4v) is 2.71. The lowest BCUT2D eigenvalue weighted by molar-refractivity contribution is -0.142. The van der Waals surface area contributed by atoms with Gasteiger partial charge in [-0.3, -0.25) is 4.79 Å². The van der Waals surface area contributed by atoms with Crippen LogP contribution in [0.15, 0.2) is 21.5 Å². The highest BCUT2D eigenvalue weighted by Gasteiger charge is 2.24. The number of halogens is 2. The second-order valence-corrected chi connectivity index (χ2v) is 6.47. The molecule has 0 aliphatic carbocycles. The number of amides is 1. The highest BCUT2D eigenvalue weighted by atomic mass is 79.9. The molecule has 0 fully saturated rings. The van der Waals surface area contributed by atoms with E-state index in [0.29, 0.717) is 0 Å². The van der Waals surface area contributed by atoms with E-state index in [0.717, 1.165) is 19.2 Å². The van der Waals surface area contributed by atoms with Gasteiger partial charge in [-0.05, 0) is 19.1 Å². The number of ether oxygens (including phenoxy) is 1. The molecule has 1 amide bonds. The van der Waals surface area contributed by atoms with Gasteiger partial charge in [0, 0.05) is 4.47 Å². The first-order valence-electron chi connectivity index (χ1n) is 5.48. The first kappa shape index (κ1) is 17.5. The summed E-state index contributed by atoms with van der Waals surface area (Å²) in [5.74, 6) is -3.00. The number of primary sulfonamides is 1. The largest absolute Gasteiger partial charge is 0.467 e. The molecular weight excluding hydrogens is 371 g/mol. The number of carbonyl (C=O) groups is 2. The van der Waals surface area contributed by atoms with Crippen LogP contribution in [0, 0.1) is 5.82 Å². The molecule has 0 saturated carbocycles. The van der Waals surface area contributed by atoms with E-state index in [1.54, 1.807) is 0 Å². The van der Waals surface area contributed by atoms with Crippen LogP contribution in [0.25, 0.3) is 0 Å². The summed E-state index contributed by atoms with van der Waals surface area (Å²) in [5.41, 5.74) is -0.566. The Morgan fingerprint density at radius 2 is 2.00 bits per heavy atom. The maximum absolute atomic E-state index is 14.1. The maximum Gasteiger partial charge on any atom is 0.328 e. The Bertz CT molecular complexity index is 692. The lowest BCUT2D eigenvalue weighted by atomic mass is 10.2. The fourth-order valence-electron chi connectivity index (χ4n) is 1.45. The predicted molar refractivity (Wildman–Crippen MR) is 74.4 cm³/mol. The lowest BCUT2D eigenvalue weighted by Gasteiger charge is -2.13. The molecule has 1 rings (SSSR count). The summed E-state index contributed by atoms with van der Waals surface area (Å²) in [5, 5.41) is 7.06. The monoisotopic (exact) mass is 382 g/mol. The van der Waals surface area contributed by atoms with Gasteiger partial charge in [-0.25, -0.2) is 22.7 Å². The average Bonchev–Trinajstić information content (AvgIpc) is 2.38. The molecule has 1 aromatic carbocycles. The summed E-state index contributed by atoms with van der Waals surface area (Å²) < 4.78 is 41.2. The normalized spacial score (nSPS) is 12.6. The van der Waals surface area contributed by atoms with E-state index >= 15 is 0 Å². The molecule has 7 nitrogen and oxygen atoms in total. The number of hydrogen-bond donors (Lipinski definition) is 2. The topological polar surface area (TPSA) is 116 Å². The summed E-state index contributed by atoms with van der Waals surface area (Å²) >= 11 is 2.96. The van der Waals surface area contributed by atoms with E-state index in [-0.39, 0.29) is 4.47 Å². The minimum Gasteiger partial charge on any atom is -0.467 e. The van der Waals surface area contributed by atoms with E-state index < -0.39 is 44.2 Å². The second kappa shape index (κ2) is 6.50. The molecule has 0 unspecified atom stereocenters. The molecule has 21 heavy (non-hydrogen) atoms. The number of nitrogens with two attached hydrogens (primary N) is 1. The van der Waals surface area contributed by atoms with Crippen molar-refractivity contribution in [2.45, 2.75) is 17.9 Å². The summed E-state index contributed by atoms with van der Waals surface area (Å²) in [6, 6.07) is 0.980. The predicted octanol–water partition coefficient (Wildman–Crippen LogP) is 0.527. The Morgan fingerprint density at radius 3 is 2.48 bits per heavy atom. The Hall–Kier alpha value is -1.52. The smallest absolute Gasteiger partial charge is 0.328 e. The molecule has 0 aliphatic rings. The number of nitrogens with one attached hydrogen (secondary N) is 1. The number of esters is 1. The van der Waals surface area contributed by atoms with E-state index in [9.17, 15) is 22.4 Å². The zero-order valence-corrected chi connectivity index (χ0v) is 13.4. The second-order valence-electron chi connectivity index (χ2n) is 4.03. The lowest BCUT2D eigenvalue weighted by Crippen LogP contribution is -2.39. The van der Waals surface area contributed by atoms with Gasteiger partial charge in [0.2, 0.25) is 10.0 Å². The molecule has 0 aromatic heterocycles. The fraction of sp³-hybridized carbons (Fsp3) is 0.273. The first-order chi connectivity index (χ1) is 9.57. The number of benzene rings is 1. The van der Waals surface area contributed by atoms with Crippen molar-refractivity contribution in [3.05, 3.63) is 28.0 Å². The third-order valence-corrected chi connectivity index (χ3v) is 3.83. The van der Waals surface area contributed by atoms with Crippen LogP contribution in [0.2, 0.25) is 0 Å². The quantitative estimate of drug-likeness (QED) is 0.736. The van der Waals surface area contributed by atoms with Gasteiger partial charge in [0.15, 0.2) is 5.82 Å². The average molecular weight is 383 g/mol. The van der Waals surface area contributed by atoms with Gasteiger partial charge < -0.3 is 10.1 Å². The molecule has 1 atom stereocenters. The Balaban J connectivity index is 3.23. The van der Waals surface area contributed by atoms with Crippen molar-refractivity contribution in [3.63, 3.8) is 0 Å². The van der Waals surface area contributed by atoms with Gasteiger partial charge in [-0.1, -0.05) is 15.9 Å². The van der Waals surface area contributed by atoms with E-state index in [1.807, 2.05) is 0 Å². The van der Waals surface area contributed by atoms with Crippen LogP contribution < -0.4 is 10.5 Å². The third kappa shape index (κ3) is 4.22. The van der Waals surface area contributed by atoms with Crippen LogP contribution in [0.1, 0.15) is 17.3 Å². The summed E-state index contributed by atoms with van der Waals surface area (Å²) in [6.45, 7) is 1.33. The minimum absolute atomic E-state index is 0.142. The molecule has 0 aliphatic heterocycles. The molecular formula is C11H12BrFN2O5S. The molecule has 3 N–H and O–H groups in total. The van der Waals surface area contributed by atoms with Gasteiger partial charge >= 0.3 is 5.97 Å². The number of methoxy groups -OCH3 is 1. The van der Waals surface area contributed by atoms with Gasteiger partial charge in [-0.15, -0.1) is 0 Å². The van der Waals surface area contributed by atoms with Crippen molar-refractivity contribution < 1.29 is 27.1 Å². The van der Waals surface area contributed by atoms with E-state index in [2.05, 4.69) is 26.0 Å². The zero-order chi connectivity index (χ0) is 16.4. The van der Waals surface area contributed by atoms with Gasteiger partial charge in [-0.2, -0.15) is 0 Å². The van der Waals surface area contributed by atoms with Crippen molar-refractivity contribution in [1.29, 1.82) is 0 Å². The Kier molecular flexibility index (Phi) is 5.42. The van der Waals surface area contributed by atoms with Crippen molar-refractivity contribution in [2.24, 2.45) is 5.14 Å². The van der Waals surface area contributed by atoms with Gasteiger partial charge in [0.05, 0.1) is 12.7 Å². The summed E-state index contributed by atoms with van der Waals surface area (Å²) in [6.07, 6.45) is 0. The molecule has 0 radical (unpaired) electrons.